The van der Waals surface area contributed by atoms with Crippen LogP contribution in [0.15, 0.2) is 12.5 Å². The monoisotopic (exact) mass is 347 g/mol. The number of aromatic nitrogens is 4. The Morgan fingerprint density at radius 3 is 2.84 bits per heavy atom. The molecule has 1 saturated carbocycles. The van der Waals surface area contributed by atoms with Gasteiger partial charge in [0.05, 0.1) is 24.8 Å². The van der Waals surface area contributed by atoms with Gasteiger partial charge in [0.1, 0.15) is 18.7 Å². The van der Waals surface area contributed by atoms with E-state index in [1.165, 1.54) is 18.1 Å². The predicted molar refractivity (Wildman–Crippen MR) is 93.3 cm³/mol. The zero-order valence-corrected chi connectivity index (χ0v) is 15.4. The molecule has 8 heteroatoms. The lowest BCUT2D eigenvalue weighted by atomic mass is 9.64. The molecule has 2 atom stereocenters. The second-order valence-electron chi connectivity index (χ2n) is 6.94. The second kappa shape index (κ2) is 6.59. The number of methoxy groups -OCH3 is 1. The third-order valence-corrected chi connectivity index (χ3v) is 5.21. The summed E-state index contributed by atoms with van der Waals surface area (Å²) in [6.07, 6.45) is 4.42. The molecule has 0 amide bonds. The minimum Gasteiger partial charge on any atom is -0.468 e. The van der Waals surface area contributed by atoms with E-state index in [9.17, 15) is 4.79 Å². The molecule has 8 nitrogen and oxygen atoms in total. The summed E-state index contributed by atoms with van der Waals surface area (Å²) >= 11 is 0. The fourth-order valence-electron chi connectivity index (χ4n) is 3.62. The number of ether oxygens (including phenoxy) is 2. The number of hydrogen-bond donors (Lipinski definition) is 0. The molecule has 25 heavy (non-hydrogen) atoms. The highest BCUT2D eigenvalue weighted by Gasteiger charge is 2.51. The Morgan fingerprint density at radius 1 is 1.44 bits per heavy atom. The Labute approximate surface area is 147 Å². The van der Waals surface area contributed by atoms with Crippen LogP contribution in [0.2, 0.25) is 0 Å². The van der Waals surface area contributed by atoms with Gasteiger partial charge in [-0.15, -0.1) is 0 Å². The van der Waals surface area contributed by atoms with Crippen molar-refractivity contribution in [2.75, 3.05) is 25.7 Å². The van der Waals surface area contributed by atoms with Gasteiger partial charge < -0.3 is 14.4 Å². The topological polar surface area (TPSA) is 82.4 Å². The smallest absolute Gasteiger partial charge is 0.327 e. The molecule has 3 rings (SSSR count). The van der Waals surface area contributed by atoms with E-state index >= 15 is 0 Å². The maximum Gasteiger partial charge on any atom is 0.327 e. The van der Waals surface area contributed by atoms with Crippen LogP contribution in [-0.4, -0.2) is 58.6 Å². The molecule has 0 spiro atoms. The SMILES string of the molecule is CCO[C@@H]1C[C@H](N(C)c2ncnc3c2cnn3CC(=O)OC)C1(C)C. The molecule has 2 aromatic heterocycles. The van der Waals surface area contributed by atoms with Crippen LogP contribution in [0.1, 0.15) is 27.2 Å². The highest BCUT2D eigenvalue weighted by molar-refractivity contribution is 5.87. The van der Waals surface area contributed by atoms with Crippen molar-refractivity contribution in [2.24, 2.45) is 5.41 Å². The third-order valence-electron chi connectivity index (χ3n) is 5.21. The summed E-state index contributed by atoms with van der Waals surface area (Å²) in [6, 6.07) is 0.311. The molecular weight excluding hydrogens is 322 g/mol. The lowest BCUT2D eigenvalue weighted by Gasteiger charge is -2.55. The molecule has 2 heterocycles. The van der Waals surface area contributed by atoms with Gasteiger partial charge in [0, 0.05) is 25.1 Å². The van der Waals surface area contributed by atoms with E-state index in [-0.39, 0.29) is 24.0 Å². The van der Waals surface area contributed by atoms with Crippen LogP contribution in [0.5, 0.6) is 0 Å². The summed E-state index contributed by atoms with van der Waals surface area (Å²) in [5.74, 6) is 0.451. The van der Waals surface area contributed by atoms with Gasteiger partial charge in [0.2, 0.25) is 0 Å². The van der Waals surface area contributed by atoms with E-state index in [1.807, 2.05) is 14.0 Å². The van der Waals surface area contributed by atoms with Crippen molar-refractivity contribution in [1.82, 2.24) is 19.7 Å². The maximum atomic E-state index is 11.5. The average molecular weight is 347 g/mol. The molecular formula is C17H25N5O3. The molecule has 0 aromatic carbocycles. The van der Waals surface area contributed by atoms with Crippen LogP contribution < -0.4 is 4.90 Å². The van der Waals surface area contributed by atoms with Crippen molar-refractivity contribution in [2.45, 2.75) is 45.9 Å². The minimum absolute atomic E-state index is 0.0293. The predicted octanol–water partition coefficient (Wildman–Crippen LogP) is 1.64. The number of carbonyl (C=O) groups excluding carboxylic acids is 1. The fraction of sp³-hybridized carbons (Fsp3) is 0.647. The number of carbonyl (C=O) groups is 1. The van der Waals surface area contributed by atoms with Crippen molar-refractivity contribution in [3.8, 4) is 0 Å². The molecule has 0 bridgehead atoms. The van der Waals surface area contributed by atoms with Crippen LogP contribution in [0.4, 0.5) is 5.82 Å². The van der Waals surface area contributed by atoms with E-state index in [0.29, 0.717) is 11.7 Å². The Balaban J connectivity index is 1.88. The lowest BCUT2D eigenvalue weighted by Crippen LogP contribution is -2.61. The van der Waals surface area contributed by atoms with Crippen molar-refractivity contribution >= 4 is 22.8 Å². The molecule has 0 unspecified atom stereocenters. The zero-order chi connectivity index (χ0) is 18.2. The zero-order valence-electron chi connectivity index (χ0n) is 15.4. The van der Waals surface area contributed by atoms with Gasteiger partial charge in [0.25, 0.3) is 0 Å². The van der Waals surface area contributed by atoms with Gasteiger partial charge in [-0.25, -0.2) is 14.6 Å². The molecule has 0 saturated heterocycles. The first-order valence-electron chi connectivity index (χ1n) is 8.47. The first kappa shape index (κ1) is 17.6. The molecule has 0 radical (unpaired) electrons. The van der Waals surface area contributed by atoms with E-state index in [0.717, 1.165) is 24.2 Å². The van der Waals surface area contributed by atoms with Crippen LogP contribution in [-0.2, 0) is 20.8 Å². The van der Waals surface area contributed by atoms with Gasteiger partial charge in [-0.1, -0.05) is 13.8 Å². The van der Waals surface area contributed by atoms with Crippen molar-refractivity contribution < 1.29 is 14.3 Å². The molecule has 1 aliphatic carbocycles. The number of nitrogens with zero attached hydrogens (tertiary/aromatic N) is 5. The van der Waals surface area contributed by atoms with Crippen LogP contribution in [0, 0.1) is 5.41 Å². The third kappa shape index (κ3) is 2.95. The molecule has 2 aromatic rings. The van der Waals surface area contributed by atoms with E-state index in [2.05, 4.69) is 33.8 Å². The Morgan fingerprint density at radius 2 is 2.20 bits per heavy atom. The Hall–Kier alpha value is -2.22. The lowest BCUT2D eigenvalue weighted by molar-refractivity contribution is -0.141. The summed E-state index contributed by atoms with van der Waals surface area (Å²) in [5.41, 5.74) is 0.657. The summed E-state index contributed by atoms with van der Waals surface area (Å²) in [5, 5.41) is 5.10. The first-order chi connectivity index (χ1) is 11.9. The van der Waals surface area contributed by atoms with Crippen LogP contribution in [0.25, 0.3) is 11.0 Å². The summed E-state index contributed by atoms with van der Waals surface area (Å²) in [7, 11) is 3.39. The number of rotatable bonds is 6. The van der Waals surface area contributed by atoms with E-state index < -0.39 is 0 Å². The molecule has 136 valence electrons. The highest BCUT2D eigenvalue weighted by atomic mass is 16.5. The number of esters is 1. The summed E-state index contributed by atoms with van der Waals surface area (Å²) in [6.45, 7) is 7.22. The minimum atomic E-state index is -0.363. The van der Waals surface area contributed by atoms with Crippen molar-refractivity contribution in [3.05, 3.63) is 12.5 Å². The van der Waals surface area contributed by atoms with Crippen LogP contribution in [0.3, 0.4) is 0 Å². The number of anilines is 1. The molecule has 1 fully saturated rings. The Kier molecular flexibility index (Phi) is 4.64. The molecule has 0 aliphatic heterocycles. The van der Waals surface area contributed by atoms with Gasteiger partial charge in [-0.3, -0.25) is 4.79 Å². The average Bonchev–Trinajstić information content (AvgIpc) is 3.00. The van der Waals surface area contributed by atoms with Gasteiger partial charge in [0.15, 0.2) is 5.65 Å². The normalized spacial score (nSPS) is 21.8. The molecule has 1 aliphatic rings. The van der Waals surface area contributed by atoms with E-state index in [4.69, 9.17) is 9.47 Å². The summed E-state index contributed by atoms with van der Waals surface area (Å²) < 4.78 is 12.1. The van der Waals surface area contributed by atoms with Gasteiger partial charge in [-0.2, -0.15) is 5.10 Å². The van der Waals surface area contributed by atoms with Gasteiger partial charge in [-0.05, 0) is 13.3 Å². The largest absolute Gasteiger partial charge is 0.468 e. The highest BCUT2D eigenvalue weighted by Crippen LogP contribution is 2.46. The maximum absolute atomic E-state index is 11.5. The quantitative estimate of drug-likeness (QED) is 0.735. The summed E-state index contributed by atoms with van der Waals surface area (Å²) in [4.78, 5) is 22.5. The van der Waals surface area contributed by atoms with Crippen molar-refractivity contribution in [1.29, 1.82) is 0 Å². The van der Waals surface area contributed by atoms with E-state index in [1.54, 1.807) is 6.20 Å². The first-order valence-corrected chi connectivity index (χ1v) is 8.47. The Bertz CT molecular complexity index is 773. The fourth-order valence-corrected chi connectivity index (χ4v) is 3.62. The number of hydrogen-bond acceptors (Lipinski definition) is 7. The molecule has 0 N–H and O–H groups in total. The van der Waals surface area contributed by atoms with Gasteiger partial charge >= 0.3 is 5.97 Å². The van der Waals surface area contributed by atoms with Crippen LogP contribution >= 0.6 is 0 Å². The second-order valence-corrected chi connectivity index (χ2v) is 6.94. The van der Waals surface area contributed by atoms with Crippen molar-refractivity contribution in [3.63, 3.8) is 0 Å². The number of fused-ring (bicyclic) bond motifs is 1. The standard InChI is InChI=1S/C17H25N5O3/c1-6-25-13-7-12(17(13,2)3)21(4)15-11-8-20-22(9-14(23)24-5)16(11)19-10-18-15/h8,10,12-13H,6-7,9H2,1-5H3/t12-,13+/m0/s1.